The average molecular weight is 1270 g/mol. The normalized spacial score (nSPS) is 13.7. The number of nitrogens with zero attached hydrogens (tertiary/aromatic N) is 4. The summed E-state index contributed by atoms with van der Waals surface area (Å²) in [7, 11) is 0. The zero-order valence-electron chi connectivity index (χ0n) is 49.3. The Balaban J connectivity index is 1.10. The summed E-state index contributed by atoms with van der Waals surface area (Å²) >= 11 is 4.01. The van der Waals surface area contributed by atoms with E-state index in [4.69, 9.17) is 33.7 Å². The van der Waals surface area contributed by atoms with Gasteiger partial charge in [0.05, 0.1) is 35.2 Å². The van der Waals surface area contributed by atoms with Gasteiger partial charge >= 0.3 is 0 Å². The number of anilines is 1. The molecule has 7 atom stereocenters. The smallest absolute Gasteiger partial charge is 0.271 e. The molecule has 20 N–H and O–H groups in total. The molecule has 0 fully saturated rings. The number of aromatic hydroxyl groups is 1. The third-order valence-electron chi connectivity index (χ3n) is 14.1. The van der Waals surface area contributed by atoms with E-state index in [1.54, 1.807) is 65.4 Å². The summed E-state index contributed by atoms with van der Waals surface area (Å²) in [5.74, 6) is -6.15. The first-order valence-corrected chi connectivity index (χ1v) is 31.7. The Kier molecular flexibility index (Phi) is 28.2. The zero-order chi connectivity index (χ0) is 63.5. The molecule has 0 bridgehead atoms. The highest BCUT2D eigenvalue weighted by Crippen LogP contribution is 2.26. The standard InChI is InChI=1S/C59H81N17O9S3/c1-34-49(75-53(76-51(34)63)42(30-47(62)78)69-31-40(61)52(64)80)58(85)73-44(29-39-13-8-26-86-39)57(84)71-41(27-36-11-4-3-5-12-36)50(79)35(2)54(81)72-43(28-37-14-16-38(77)17-15-37)55(82)68-25-18-48-70-46(33-87-48)59-74-45(32-88-59)56(83)67-24-10-23-66-21-7-6-20-65-22-9-19-60/h3-5,8,11-17,26,32-33,35,40-44,50,65-66,69,77,79H,6-7,9-10,18-25,27-31,60-61H2,1-2H3,(H2,62,78)(H2,64,80)(H,67,83)(H,68,82)(H,71,84)(H,72,81)(H,73,85)(H2,63,75,76)/t35-,40-,41+,42-,43-,44-,50-/m0/s1. The van der Waals surface area contributed by atoms with Crippen molar-refractivity contribution in [2.45, 2.75) is 108 Å². The molecule has 88 heavy (non-hydrogen) atoms. The van der Waals surface area contributed by atoms with Gasteiger partial charge in [-0.15, -0.1) is 34.0 Å². The van der Waals surface area contributed by atoms with Gasteiger partial charge in [0, 0.05) is 66.5 Å². The SMILES string of the molecule is Cc1c(N)nc([C@H](CC(N)=O)NC[C@H](N)C(N)=O)nc1C(=O)N[C@@H](Cc1cccs1)C(=O)N[C@H](Cc1ccccc1)[C@@H](O)[C@H](C)C(=O)N[C@@H](Cc1ccc(O)cc1)C(=O)NCCc1nc(-c2nc(C(=O)NCCCNCCCCNCCCN)cs2)cs1. The number of primary amides is 2. The molecule has 0 aliphatic rings. The number of phenolic OH excluding ortho intramolecular Hbond substituents is 1. The first-order chi connectivity index (χ1) is 42.3. The highest BCUT2D eigenvalue weighted by atomic mass is 32.1. The van der Waals surface area contributed by atoms with Crippen LogP contribution in [0.15, 0.2) is 82.9 Å². The highest BCUT2D eigenvalue weighted by molar-refractivity contribution is 7.14. The van der Waals surface area contributed by atoms with Crippen molar-refractivity contribution in [3.8, 4) is 16.5 Å². The molecule has 0 saturated heterocycles. The van der Waals surface area contributed by atoms with Crippen molar-refractivity contribution < 1.29 is 43.8 Å². The number of unbranched alkanes of at least 4 members (excludes halogenated alkanes) is 1. The molecule has 2 aromatic carbocycles. The molecular formula is C59H81N17O9S3. The minimum Gasteiger partial charge on any atom is -0.508 e. The molecule has 474 valence electrons. The van der Waals surface area contributed by atoms with Crippen LogP contribution in [0.25, 0.3) is 10.7 Å². The fraction of sp³-hybridized carbons (Fsp3) is 0.441. The molecule has 26 nitrogen and oxygen atoms in total. The summed E-state index contributed by atoms with van der Waals surface area (Å²) in [6.45, 7) is 7.69. The van der Waals surface area contributed by atoms with Crippen molar-refractivity contribution in [1.29, 1.82) is 0 Å². The molecule has 0 saturated carbocycles. The summed E-state index contributed by atoms with van der Waals surface area (Å²) in [5, 5.41) is 52.8. The number of nitrogen functional groups attached to an aromatic ring is 1. The van der Waals surface area contributed by atoms with Gasteiger partial charge in [-0.1, -0.05) is 55.5 Å². The lowest BCUT2D eigenvalue weighted by Gasteiger charge is -2.31. The number of nitrogens with two attached hydrogens (primary N) is 5. The number of rotatable bonds is 39. The number of thiazole rings is 2. The maximum absolute atomic E-state index is 14.7. The van der Waals surface area contributed by atoms with Gasteiger partial charge in [-0.25, -0.2) is 19.9 Å². The number of amides is 7. The Hall–Kier alpha value is -7.87. The molecule has 0 aliphatic carbocycles. The number of phenols is 1. The summed E-state index contributed by atoms with van der Waals surface area (Å²) in [4.78, 5) is 113. The second-order valence-electron chi connectivity index (χ2n) is 21.1. The van der Waals surface area contributed by atoms with Crippen LogP contribution < -0.4 is 71.2 Å². The van der Waals surface area contributed by atoms with E-state index in [9.17, 15) is 43.8 Å². The number of carbonyl (C=O) groups excluding carboxylic acids is 7. The fourth-order valence-electron chi connectivity index (χ4n) is 9.03. The lowest BCUT2D eigenvalue weighted by atomic mass is 9.91. The lowest BCUT2D eigenvalue weighted by Crippen LogP contribution is -2.57. The molecule has 4 heterocycles. The first kappa shape index (κ1) is 69.2. The van der Waals surface area contributed by atoms with E-state index in [-0.39, 0.29) is 73.3 Å². The minimum atomic E-state index is -1.57. The van der Waals surface area contributed by atoms with Crippen LogP contribution in [0.1, 0.15) is 98.4 Å². The second-order valence-corrected chi connectivity index (χ2v) is 23.9. The monoisotopic (exact) mass is 1270 g/mol. The Labute approximate surface area is 522 Å². The topological polar surface area (TPSA) is 438 Å². The van der Waals surface area contributed by atoms with Crippen LogP contribution in [0.5, 0.6) is 5.75 Å². The predicted octanol–water partition coefficient (Wildman–Crippen LogP) is 0.613. The van der Waals surface area contributed by atoms with Crippen molar-refractivity contribution in [2.75, 3.05) is 58.1 Å². The number of aliphatic hydroxyl groups is 1. The number of hydrogen-bond donors (Lipinski definition) is 15. The van der Waals surface area contributed by atoms with E-state index < -0.39 is 77.7 Å². The van der Waals surface area contributed by atoms with Crippen LogP contribution in [-0.2, 0) is 49.7 Å². The molecule has 4 aromatic heterocycles. The Bertz CT molecular complexity index is 3210. The zero-order valence-corrected chi connectivity index (χ0v) is 51.7. The van der Waals surface area contributed by atoms with Crippen LogP contribution in [-0.4, -0.2) is 154 Å². The van der Waals surface area contributed by atoms with Gasteiger partial charge in [0.25, 0.3) is 11.8 Å². The number of hydrogen-bond acceptors (Lipinski definition) is 22. The second kappa shape index (κ2) is 35.8. The van der Waals surface area contributed by atoms with Crippen molar-refractivity contribution >= 4 is 81.2 Å². The highest BCUT2D eigenvalue weighted by Gasteiger charge is 2.36. The van der Waals surface area contributed by atoms with Crippen LogP contribution >= 0.6 is 34.0 Å². The first-order valence-electron chi connectivity index (χ1n) is 29.0. The van der Waals surface area contributed by atoms with E-state index in [1.165, 1.54) is 60.0 Å². The average Bonchev–Trinajstić information content (AvgIpc) is 2.40. The van der Waals surface area contributed by atoms with Crippen molar-refractivity contribution in [3.63, 3.8) is 0 Å². The van der Waals surface area contributed by atoms with Crippen molar-refractivity contribution in [2.24, 2.45) is 28.9 Å². The van der Waals surface area contributed by atoms with Gasteiger partial charge in [-0.3, -0.25) is 33.6 Å². The van der Waals surface area contributed by atoms with Crippen molar-refractivity contribution in [3.05, 3.63) is 127 Å². The van der Waals surface area contributed by atoms with Crippen molar-refractivity contribution in [1.82, 2.24) is 62.5 Å². The third-order valence-corrected chi connectivity index (χ3v) is 16.8. The molecule has 0 radical (unpaired) electrons. The summed E-state index contributed by atoms with van der Waals surface area (Å²) in [6.07, 6.45) is 2.30. The quantitative estimate of drug-likeness (QED) is 0.0235. The van der Waals surface area contributed by atoms with E-state index in [0.717, 1.165) is 51.9 Å². The number of nitrogens with one attached hydrogen (secondary N) is 8. The van der Waals surface area contributed by atoms with Gasteiger partial charge < -0.3 is 81.4 Å². The maximum Gasteiger partial charge on any atom is 0.271 e. The van der Waals surface area contributed by atoms with Gasteiger partial charge in [-0.05, 0) is 106 Å². The number of carbonyl (C=O) groups is 7. The molecule has 0 spiro atoms. The van der Waals surface area contributed by atoms with Crippen LogP contribution in [0.4, 0.5) is 5.82 Å². The van der Waals surface area contributed by atoms with Gasteiger partial charge in [0.15, 0.2) is 0 Å². The molecule has 0 aliphatic heterocycles. The predicted molar refractivity (Wildman–Crippen MR) is 339 cm³/mol. The number of aromatic nitrogens is 4. The van der Waals surface area contributed by atoms with E-state index in [0.29, 0.717) is 56.9 Å². The third kappa shape index (κ3) is 22.4. The molecule has 0 unspecified atom stereocenters. The molecule has 29 heteroatoms. The molecule has 7 amide bonds. The summed E-state index contributed by atoms with van der Waals surface area (Å²) in [6, 6.07) is 12.9. The Morgan fingerprint density at radius 3 is 2.05 bits per heavy atom. The number of benzene rings is 2. The summed E-state index contributed by atoms with van der Waals surface area (Å²) in [5.41, 5.74) is 30.6. The lowest BCUT2D eigenvalue weighted by molar-refractivity contribution is -0.134. The minimum absolute atomic E-state index is 0.00465. The summed E-state index contributed by atoms with van der Waals surface area (Å²) < 4.78 is 0. The van der Waals surface area contributed by atoms with E-state index in [2.05, 4.69) is 57.5 Å². The maximum atomic E-state index is 14.7. The Morgan fingerprint density at radius 1 is 0.670 bits per heavy atom. The number of aliphatic hydroxyl groups excluding tert-OH is 1. The van der Waals surface area contributed by atoms with E-state index >= 15 is 0 Å². The largest absolute Gasteiger partial charge is 0.508 e. The van der Waals surface area contributed by atoms with Gasteiger partial charge in [0.1, 0.15) is 51.6 Å². The fourth-order valence-corrected chi connectivity index (χ4v) is 11.4. The van der Waals surface area contributed by atoms with Crippen LogP contribution in [0.3, 0.4) is 0 Å². The van der Waals surface area contributed by atoms with Crippen LogP contribution in [0, 0.1) is 12.8 Å². The van der Waals surface area contributed by atoms with Crippen LogP contribution in [0.2, 0.25) is 0 Å². The number of thiophene rings is 1. The Morgan fingerprint density at radius 2 is 1.36 bits per heavy atom. The molecule has 6 aromatic rings. The van der Waals surface area contributed by atoms with Gasteiger partial charge in [0.2, 0.25) is 29.5 Å². The molecular weight excluding hydrogens is 1190 g/mol. The van der Waals surface area contributed by atoms with E-state index in [1.807, 2.05) is 5.38 Å². The van der Waals surface area contributed by atoms with Gasteiger partial charge in [-0.2, -0.15) is 0 Å². The molecule has 6 rings (SSSR count).